The highest BCUT2D eigenvalue weighted by Gasteiger charge is 2.05. The van der Waals surface area contributed by atoms with Gasteiger partial charge in [0.15, 0.2) is 0 Å². The Balaban J connectivity index is 2.61. The smallest absolute Gasteiger partial charge is 0.0480 e. The van der Waals surface area contributed by atoms with Gasteiger partial charge >= 0.3 is 0 Å². The third-order valence-electron chi connectivity index (χ3n) is 2.45. The van der Waals surface area contributed by atoms with Crippen molar-refractivity contribution < 1.29 is 0 Å². The van der Waals surface area contributed by atoms with E-state index in [9.17, 15) is 0 Å². The quantitative estimate of drug-likeness (QED) is 0.526. The van der Waals surface area contributed by atoms with Gasteiger partial charge in [-0.1, -0.05) is 24.3 Å². The molecule has 0 saturated heterocycles. The Morgan fingerprint density at radius 3 is 2.76 bits per heavy atom. The van der Waals surface area contributed by atoms with E-state index in [4.69, 9.17) is 0 Å². The van der Waals surface area contributed by atoms with Gasteiger partial charge in [0.25, 0.3) is 0 Å². The van der Waals surface area contributed by atoms with Crippen LogP contribution in [0.3, 0.4) is 0 Å². The van der Waals surface area contributed by atoms with Crippen molar-refractivity contribution in [2.75, 3.05) is 11.1 Å². The lowest BCUT2D eigenvalue weighted by atomic mass is 10.1. The van der Waals surface area contributed by atoms with Crippen LogP contribution in [0.25, 0.3) is 0 Å². The molecule has 92 valence electrons. The molecule has 1 atom stereocenters. The molecule has 17 heavy (non-hydrogen) atoms. The zero-order valence-corrected chi connectivity index (χ0v) is 11.3. The topological polar surface area (TPSA) is 12.0 Å². The molecular formula is C15H21NS. The first-order chi connectivity index (χ1) is 8.27. The Labute approximate surface area is 109 Å². The van der Waals surface area contributed by atoms with E-state index in [1.54, 1.807) is 0 Å². The number of anilines is 1. The number of rotatable bonds is 8. The number of benzene rings is 1. The minimum atomic E-state index is 0.471. The summed E-state index contributed by atoms with van der Waals surface area (Å²) in [6.45, 7) is 9.72. The highest BCUT2D eigenvalue weighted by Crippen LogP contribution is 2.27. The molecule has 0 aliphatic carbocycles. The Morgan fingerprint density at radius 2 is 2.06 bits per heavy atom. The fourth-order valence-corrected chi connectivity index (χ4v) is 2.32. The molecule has 0 aromatic heterocycles. The summed E-state index contributed by atoms with van der Waals surface area (Å²) >= 11 is 1.81. The van der Waals surface area contributed by atoms with Gasteiger partial charge < -0.3 is 5.32 Å². The molecule has 1 unspecified atom stereocenters. The van der Waals surface area contributed by atoms with Crippen molar-refractivity contribution in [2.45, 2.75) is 30.7 Å². The molecule has 0 fully saturated rings. The fraction of sp³-hybridized carbons (Fsp3) is 0.333. The molecule has 0 aliphatic rings. The summed E-state index contributed by atoms with van der Waals surface area (Å²) in [7, 11) is 0. The predicted molar refractivity (Wildman–Crippen MR) is 79.9 cm³/mol. The van der Waals surface area contributed by atoms with Crippen LogP contribution in [-0.2, 0) is 0 Å². The molecule has 0 spiro atoms. The molecule has 0 amide bonds. The van der Waals surface area contributed by atoms with Gasteiger partial charge in [0.2, 0.25) is 0 Å². The highest BCUT2D eigenvalue weighted by atomic mass is 32.2. The van der Waals surface area contributed by atoms with Crippen molar-refractivity contribution >= 4 is 17.4 Å². The summed E-state index contributed by atoms with van der Waals surface area (Å²) < 4.78 is 0. The second-order valence-corrected chi connectivity index (χ2v) is 5.07. The van der Waals surface area contributed by atoms with E-state index in [1.165, 1.54) is 10.6 Å². The molecule has 0 radical (unpaired) electrons. The van der Waals surface area contributed by atoms with Crippen LogP contribution in [0.1, 0.15) is 19.8 Å². The van der Waals surface area contributed by atoms with E-state index in [0.717, 1.165) is 18.6 Å². The maximum atomic E-state index is 3.75. The average Bonchev–Trinajstić information content (AvgIpc) is 2.35. The SMILES string of the molecule is C=CCCC(C)Nc1ccccc1SCC=C. The Bertz CT molecular complexity index is 360. The zero-order valence-electron chi connectivity index (χ0n) is 10.5. The third kappa shape index (κ3) is 5.14. The molecule has 0 bridgehead atoms. The molecule has 2 heteroatoms. The van der Waals surface area contributed by atoms with E-state index in [-0.39, 0.29) is 0 Å². The van der Waals surface area contributed by atoms with Gasteiger partial charge in [-0.15, -0.1) is 24.9 Å². The van der Waals surface area contributed by atoms with Crippen molar-refractivity contribution in [3.63, 3.8) is 0 Å². The van der Waals surface area contributed by atoms with E-state index < -0.39 is 0 Å². The van der Waals surface area contributed by atoms with Gasteiger partial charge in [0, 0.05) is 22.4 Å². The summed E-state index contributed by atoms with van der Waals surface area (Å²) in [4.78, 5) is 1.29. The predicted octanol–water partition coefficient (Wildman–Crippen LogP) is 4.73. The average molecular weight is 247 g/mol. The first-order valence-corrected chi connectivity index (χ1v) is 6.96. The van der Waals surface area contributed by atoms with Gasteiger partial charge in [-0.2, -0.15) is 0 Å². The lowest BCUT2D eigenvalue weighted by molar-refractivity contribution is 0.717. The van der Waals surface area contributed by atoms with Crippen LogP contribution in [0.2, 0.25) is 0 Å². The van der Waals surface area contributed by atoms with E-state index in [0.29, 0.717) is 6.04 Å². The number of nitrogens with one attached hydrogen (secondary N) is 1. The number of hydrogen-bond acceptors (Lipinski definition) is 2. The second-order valence-electron chi connectivity index (χ2n) is 4.01. The molecule has 1 aromatic rings. The lowest BCUT2D eigenvalue weighted by Crippen LogP contribution is -2.15. The van der Waals surface area contributed by atoms with Crippen molar-refractivity contribution in [3.8, 4) is 0 Å². The minimum absolute atomic E-state index is 0.471. The maximum absolute atomic E-state index is 3.75. The van der Waals surface area contributed by atoms with Gasteiger partial charge in [-0.3, -0.25) is 0 Å². The van der Waals surface area contributed by atoms with Crippen LogP contribution in [-0.4, -0.2) is 11.8 Å². The molecule has 0 saturated carbocycles. The van der Waals surface area contributed by atoms with Gasteiger partial charge in [0.1, 0.15) is 0 Å². The second kappa shape index (κ2) is 8.02. The normalized spacial score (nSPS) is 11.8. The number of allylic oxidation sites excluding steroid dienone is 1. The summed E-state index contributed by atoms with van der Waals surface area (Å²) in [5, 5.41) is 3.55. The van der Waals surface area contributed by atoms with Crippen LogP contribution >= 0.6 is 11.8 Å². The Kier molecular flexibility index (Phi) is 6.56. The highest BCUT2D eigenvalue weighted by molar-refractivity contribution is 7.99. The van der Waals surface area contributed by atoms with Crippen LogP contribution < -0.4 is 5.32 Å². The first kappa shape index (κ1) is 13.9. The van der Waals surface area contributed by atoms with E-state index >= 15 is 0 Å². The van der Waals surface area contributed by atoms with Crippen LogP contribution in [0.15, 0.2) is 54.5 Å². The monoisotopic (exact) mass is 247 g/mol. The molecule has 0 aliphatic heterocycles. The first-order valence-electron chi connectivity index (χ1n) is 5.98. The largest absolute Gasteiger partial charge is 0.382 e. The van der Waals surface area contributed by atoms with Gasteiger partial charge in [0.05, 0.1) is 0 Å². The molecule has 1 rings (SSSR count). The number of para-hydroxylation sites is 1. The molecule has 0 heterocycles. The van der Waals surface area contributed by atoms with Crippen LogP contribution in [0.5, 0.6) is 0 Å². The number of hydrogen-bond donors (Lipinski definition) is 1. The van der Waals surface area contributed by atoms with Crippen molar-refractivity contribution in [2.24, 2.45) is 0 Å². The third-order valence-corrected chi connectivity index (χ3v) is 3.52. The molecule has 1 nitrogen and oxygen atoms in total. The maximum Gasteiger partial charge on any atom is 0.0480 e. The van der Waals surface area contributed by atoms with Crippen molar-refractivity contribution in [1.29, 1.82) is 0 Å². The number of thioether (sulfide) groups is 1. The summed E-state index contributed by atoms with van der Waals surface area (Å²) in [6.07, 6.45) is 6.07. The Morgan fingerprint density at radius 1 is 1.29 bits per heavy atom. The molecule has 1 aromatic carbocycles. The van der Waals surface area contributed by atoms with Crippen LogP contribution in [0.4, 0.5) is 5.69 Å². The zero-order chi connectivity index (χ0) is 12.5. The standard InChI is InChI=1S/C15H21NS/c1-4-6-9-13(3)16-14-10-7-8-11-15(14)17-12-5-2/h4-5,7-8,10-11,13,16H,1-2,6,9,12H2,3H3. The Hall–Kier alpha value is -1.15. The van der Waals surface area contributed by atoms with E-state index in [1.807, 2.05) is 23.9 Å². The lowest BCUT2D eigenvalue weighted by Gasteiger charge is -2.17. The summed E-state index contributed by atoms with van der Waals surface area (Å²) in [5.41, 5.74) is 1.22. The van der Waals surface area contributed by atoms with E-state index in [2.05, 4.69) is 49.7 Å². The summed E-state index contributed by atoms with van der Waals surface area (Å²) in [6, 6.07) is 8.90. The molecular weight excluding hydrogens is 226 g/mol. The minimum Gasteiger partial charge on any atom is -0.382 e. The van der Waals surface area contributed by atoms with Crippen molar-refractivity contribution in [1.82, 2.24) is 0 Å². The van der Waals surface area contributed by atoms with Crippen molar-refractivity contribution in [3.05, 3.63) is 49.6 Å². The van der Waals surface area contributed by atoms with Gasteiger partial charge in [-0.25, -0.2) is 0 Å². The fourth-order valence-electron chi connectivity index (χ4n) is 1.57. The molecule has 1 N–H and O–H groups in total. The summed E-state index contributed by atoms with van der Waals surface area (Å²) in [5.74, 6) is 0.944. The van der Waals surface area contributed by atoms with Crippen LogP contribution in [0, 0.1) is 0 Å². The van der Waals surface area contributed by atoms with Gasteiger partial charge in [-0.05, 0) is 31.9 Å².